The quantitative estimate of drug-likeness (QED) is 0.801. The van der Waals surface area contributed by atoms with E-state index in [9.17, 15) is 14.4 Å². The van der Waals surface area contributed by atoms with Gasteiger partial charge < -0.3 is 19.5 Å². The number of nitrogens with one attached hydrogen (secondary N) is 1. The van der Waals surface area contributed by atoms with Crippen LogP contribution in [0.3, 0.4) is 0 Å². The molecule has 28 heavy (non-hydrogen) atoms. The molecule has 1 saturated heterocycles. The van der Waals surface area contributed by atoms with E-state index in [0.29, 0.717) is 47.6 Å². The fraction of sp³-hybridized carbons (Fsp3) is 0.444. The first-order chi connectivity index (χ1) is 13.3. The van der Waals surface area contributed by atoms with Gasteiger partial charge in [-0.05, 0) is 19.1 Å². The van der Waals surface area contributed by atoms with Gasteiger partial charge in [0.2, 0.25) is 5.91 Å². The van der Waals surface area contributed by atoms with E-state index in [2.05, 4.69) is 10.3 Å². The summed E-state index contributed by atoms with van der Waals surface area (Å²) in [6.07, 6.45) is 1.48. The third-order valence-corrected chi connectivity index (χ3v) is 5.46. The summed E-state index contributed by atoms with van der Waals surface area (Å²) in [5.41, 5.74) is 0.601. The number of rotatable bonds is 5. The number of piperazine rings is 1. The lowest BCUT2D eigenvalue weighted by Crippen LogP contribution is -2.50. The molecule has 0 bridgehead atoms. The number of aryl methyl sites for hydroxylation is 1. The van der Waals surface area contributed by atoms with Crippen molar-refractivity contribution in [3.63, 3.8) is 0 Å². The van der Waals surface area contributed by atoms with Crippen molar-refractivity contribution in [3.05, 3.63) is 34.7 Å². The van der Waals surface area contributed by atoms with E-state index in [4.69, 9.17) is 4.42 Å². The van der Waals surface area contributed by atoms with Gasteiger partial charge in [0.1, 0.15) is 4.88 Å². The lowest BCUT2D eigenvalue weighted by molar-refractivity contribution is -0.117. The molecule has 2 aromatic rings. The Morgan fingerprint density at radius 2 is 1.96 bits per heavy atom. The zero-order chi connectivity index (χ0) is 20.3. The van der Waals surface area contributed by atoms with Crippen LogP contribution in [0.25, 0.3) is 0 Å². The molecule has 2 aromatic heterocycles. The molecule has 3 rings (SSSR count). The van der Waals surface area contributed by atoms with E-state index in [1.54, 1.807) is 38.1 Å². The maximum absolute atomic E-state index is 12.3. The van der Waals surface area contributed by atoms with Crippen LogP contribution >= 0.6 is 11.3 Å². The molecule has 10 heteroatoms. The van der Waals surface area contributed by atoms with Crippen molar-refractivity contribution in [2.75, 3.05) is 52.1 Å². The zero-order valence-electron chi connectivity index (χ0n) is 16.1. The second-order valence-electron chi connectivity index (χ2n) is 6.73. The van der Waals surface area contributed by atoms with E-state index < -0.39 is 0 Å². The van der Waals surface area contributed by atoms with Gasteiger partial charge in [-0.15, -0.1) is 0 Å². The average molecular weight is 405 g/mol. The van der Waals surface area contributed by atoms with E-state index in [1.807, 2.05) is 4.90 Å². The van der Waals surface area contributed by atoms with Gasteiger partial charge in [0.25, 0.3) is 11.8 Å². The molecule has 1 N–H and O–H groups in total. The topological polar surface area (TPSA) is 99.0 Å². The molecule has 3 heterocycles. The number of amides is 3. The molecular formula is C18H23N5O4S. The highest BCUT2D eigenvalue weighted by molar-refractivity contribution is 7.17. The van der Waals surface area contributed by atoms with Crippen molar-refractivity contribution in [1.29, 1.82) is 0 Å². The van der Waals surface area contributed by atoms with Crippen LogP contribution in [-0.4, -0.2) is 84.2 Å². The minimum Gasteiger partial charge on any atom is -0.459 e. The minimum atomic E-state index is -0.191. The summed E-state index contributed by atoms with van der Waals surface area (Å²) in [6.45, 7) is 4.22. The molecule has 0 aromatic carbocycles. The first-order valence-corrected chi connectivity index (χ1v) is 9.71. The van der Waals surface area contributed by atoms with Gasteiger partial charge in [-0.25, -0.2) is 4.98 Å². The molecule has 1 fully saturated rings. The van der Waals surface area contributed by atoms with Crippen LogP contribution in [0.5, 0.6) is 0 Å². The molecule has 0 radical (unpaired) electrons. The van der Waals surface area contributed by atoms with Crippen molar-refractivity contribution in [3.8, 4) is 0 Å². The maximum atomic E-state index is 12.3. The van der Waals surface area contributed by atoms with Gasteiger partial charge in [-0.2, -0.15) is 0 Å². The van der Waals surface area contributed by atoms with E-state index in [-0.39, 0.29) is 24.3 Å². The molecule has 0 saturated carbocycles. The number of aromatic nitrogens is 1. The molecule has 1 aliphatic rings. The Balaban J connectivity index is 1.49. The molecule has 0 spiro atoms. The molecule has 150 valence electrons. The molecule has 3 amide bonds. The summed E-state index contributed by atoms with van der Waals surface area (Å²) in [5.74, 6) is -0.130. The Morgan fingerprint density at radius 3 is 2.57 bits per heavy atom. The van der Waals surface area contributed by atoms with Crippen molar-refractivity contribution in [2.45, 2.75) is 6.92 Å². The summed E-state index contributed by atoms with van der Waals surface area (Å²) in [4.78, 5) is 46.7. The van der Waals surface area contributed by atoms with Crippen LogP contribution in [0.1, 0.15) is 25.9 Å². The van der Waals surface area contributed by atoms with Gasteiger partial charge >= 0.3 is 0 Å². The smallest absolute Gasteiger partial charge is 0.289 e. The minimum absolute atomic E-state index is 0.132. The van der Waals surface area contributed by atoms with Crippen LogP contribution in [0.2, 0.25) is 0 Å². The summed E-state index contributed by atoms with van der Waals surface area (Å²) in [7, 11) is 3.35. The van der Waals surface area contributed by atoms with E-state index >= 15 is 0 Å². The predicted octanol–water partition coefficient (Wildman–Crippen LogP) is 1.14. The number of carbonyl (C=O) groups is 3. The highest BCUT2D eigenvalue weighted by atomic mass is 32.1. The van der Waals surface area contributed by atoms with Gasteiger partial charge in [-0.1, -0.05) is 11.3 Å². The fourth-order valence-electron chi connectivity index (χ4n) is 2.88. The standard InChI is InChI=1S/C18H23N5O4S/c1-12-15(17(26)21(2)3)28-18(19-12)20-14(24)11-22-6-8-23(9-7-22)16(25)13-5-4-10-27-13/h4-5,10H,6-9,11H2,1-3H3,(H,19,20,24). The molecule has 0 aliphatic carbocycles. The van der Waals surface area contributed by atoms with Gasteiger partial charge in [0.05, 0.1) is 18.5 Å². The summed E-state index contributed by atoms with van der Waals surface area (Å²) in [5, 5.41) is 3.18. The van der Waals surface area contributed by atoms with Gasteiger partial charge in [0.15, 0.2) is 10.9 Å². The van der Waals surface area contributed by atoms with E-state index in [0.717, 1.165) is 0 Å². The number of furan rings is 1. The second kappa shape index (κ2) is 8.53. The summed E-state index contributed by atoms with van der Waals surface area (Å²) in [6, 6.07) is 3.33. The number of nitrogens with zero attached hydrogens (tertiary/aromatic N) is 4. The maximum Gasteiger partial charge on any atom is 0.289 e. The lowest BCUT2D eigenvalue weighted by Gasteiger charge is -2.33. The summed E-state index contributed by atoms with van der Waals surface area (Å²) >= 11 is 1.17. The van der Waals surface area contributed by atoms with Crippen LogP contribution in [0, 0.1) is 6.92 Å². The molecule has 1 aliphatic heterocycles. The van der Waals surface area contributed by atoms with E-state index in [1.165, 1.54) is 22.5 Å². The Kier molecular flexibility index (Phi) is 6.10. The van der Waals surface area contributed by atoms with Crippen molar-refractivity contribution >= 4 is 34.2 Å². The molecule has 9 nitrogen and oxygen atoms in total. The van der Waals surface area contributed by atoms with Crippen molar-refractivity contribution in [1.82, 2.24) is 19.7 Å². The van der Waals surface area contributed by atoms with Crippen LogP contribution < -0.4 is 5.32 Å². The van der Waals surface area contributed by atoms with Crippen molar-refractivity contribution < 1.29 is 18.8 Å². The normalized spacial score (nSPS) is 14.8. The third kappa shape index (κ3) is 4.57. The zero-order valence-corrected chi connectivity index (χ0v) is 16.9. The second-order valence-corrected chi connectivity index (χ2v) is 7.73. The molecule has 0 atom stereocenters. The average Bonchev–Trinajstić information content (AvgIpc) is 3.31. The molecular weight excluding hydrogens is 382 g/mol. The Hall–Kier alpha value is -2.72. The van der Waals surface area contributed by atoms with Crippen LogP contribution in [0.15, 0.2) is 22.8 Å². The third-order valence-electron chi connectivity index (χ3n) is 4.40. The van der Waals surface area contributed by atoms with Gasteiger partial charge in [-0.3, -0.25) is 19.3 Å². The SMILES string of the molecule is Cc1nc(NC(=O)CN2CCN(C(=O)c3ccco3)CC2)sc1C(=O)N(C)C. The largest absolute Gasteiger partial charge is 0.459 e. The summed E-state index contributed by atoms with van der Waals surface area (Å²) < 4.78 is 5.15. The Morgan fingerprint density at radius 1 is 1.25 bits per heavy atom. The van der Waals surface area contributed by atoms with Crippen LogP contribution in [-0.2, 0) is 4.79 Å². The predicted molar refractivity (Wildman–Crippen MR) is 105 cm³/mol. The lowest BCUT2D eigenvalue weighted by atomic mass is 10.3. The fourth-order valence-corrected chi connectivity index (χ4v) is 3.88. The van der Waals surface area contributed by atoms with Crippen LogP contribution in [0.4, 0.5) is 5.13 Å². The number of anilines is 1. The van der Waals surface area contributed by atoms with Gasteiger partial charge in [0, 0.05) is 40.3 Å². The highest BCUT2D eigenvalue weighted by Crippen LogP contribution is 2.23. The first-order valence-electron chi connectivity index (χ1n) is 8.89. The monoisotopic (exact) mass is 405 g/mol. The number of carbonyl (C=O) groups excluding carboxylic acids is 3. The first kappa shape index (κ1) is 20.0. The Bertz CT molecular complexity index is 853. The Labute approximate surface area is 166 Å². The number of hydrogen-bond donors (Lipinski definition) is 1. The number of thiazole rings is 1. The highest BCUT2D eigenvalue weighted by Gasteiger charge is 2.25. The molecule has 0 unspecified atom stereocenters. The van der Waals surface area contributed by atoms with Crippen molar-refractivity contribution in [2.24, 2.45) is 0 Å². The number of hydrogen-bond acceptors (Lipinski definition) is 7.